The van der Waals surface area contributed by atoms with Crippen molar-refractivity contribution in [3.63, 3.8) is 0 Å². The van der Waals surface area contributed by atoms with Gasteiger partial charge in [0.25, 0.3) is 0 Å². The summed E-state index contributed by atoms with van der Waals surface area (Å²) < 4.78 is 0. The lowest BCUT2D eigenvalue weighted by molar-refractivity contribution is 0.459. The molecular formula is C12H21N. The lowest BCUT2D eigenvalue weighted by atomic mass is 9.92. The van der Waals surface area contributed by atoms with Crippen LogP contribution in [0.2, 0.25) is 0 Å². The number of hydrogen-bond donors (Lipinski definition) is 1. The molecule has 1 nitrogen and oxygen atoms in total. The van der Waals surface area contributed by atoms with Gasteiger partial charge in [-0.2, -0.15) is 0 Å². The zero-order valence-corrected chi connectivity index (χ0v) is 9.11. The molecule has 0 rings (SSSR count). The SMILES string of the molecule is C=C=C(NCCCC=C)C(C)(C)C. The van der Waals surface area contributed by atoms with Gasteiger partial charge >= 0.3 is 0 Å². The molecule has 0 aromatic heterocycles. The molecule has 0 spiro atoms. The molecule has 0 heterocycles. The molecule has 0 saturated heterocycles. The quantitative estimate of drug-likeness (QED) is 0.388. The van der Waals surface area contributed by atoms with Crippen molar-refractivity contribution in [3.8, 4) is 0 Å². The summed E-state index contributed by atoms with van der Waals surface area (Å²) in [7, 11) is 0. The van der Waals surface area contributed by atoms with Crippen LogP contribution in [0, 0.1) is 5.41 Å². The molecule has 0 aliphatic heterocycles. The highest BCUT2D eigenvalue weighted by Gasteiger charge is 2.15. The molecule has 74 valence electrons. The molecule has 0 aromatic rings. The molecule has 0 radical (unpaired) electrons. The predicted octanol–water partition coefficient (Wildman–Crippen LogP) is 3.26. The number of nitrogens with one attached hydrogen (secondary N) is 1. The summed E-state index contributed by atoms with van der Waals surface area (Å²) in [5.74, 6) is 0. The fraction of sp³-hybridized carbons (Fsp3) is 0.583. The highest BCUT2D eigenvalue weighted by Crippen LogP contribution is 2.21. The number of rotatable bonds is 5. The zero-order chi connectivity index (χ0) is 10.3. The zero-order valence-electron chi connectivity index (χ0n) is 9.11. The summed E-state index contributed by atoms with van der Waals surface area (Å²) in [5.41, 5.74) is 4.16. The Hall–Kier alpha value is -0.940. The normalized spacial score (nSPS) is 10.4. The van der Waals surface area contributed by atoms with Gasteiger partial charge in [-0.3, -0.25) is 0 Å². The Morgan fingerprint density at radius 2 is 2.08 bits per heavy atom. The third-order valence-corrected chi connectivity index (χ3v) is 1.81. The van der Waals surface area contributed by atoms with Gasteiger partial charge in [0.2, 0.25) is 0 Å². The molecule has 0 atom stereocenters. The molecule has 1 heteroatoms. The van der Waals surface area contributed by atoms with Crippen molar-refractivity contribution in [1.82, 2.24) is 5.32 Å². The Balaban J connectivity index is 3.89. The van der Waals surface area contributed by atoms with Gasteiger partial charge < -0.3 is 5.32 Å². The highest BCUT2D eigenvalue weighted by molar-refractivity contribution is 5.06. The Morgan fingerprint density at radius 3 is 2.46 bits per heavy atom. The fourth-order valence-corrected chi connectivity index (χ4v) is 1.05. The lowest BCUT2D eigenvalue weighted by Gasteiger charge is -2.22. The molecule has 0 amide bonds. The maximum absolute atomic E-state index is 3.68. The topological polar surface area (TPSA) is 12.0 Å². The molecule has 0 aliphatic rings. The first-order chi connectivity index (χ1) is 6.02. The Kier molecular flexibility index (Phi) is 5.25. The summed E-state index contributed by atoms with van der Waals surface area (Å²) in [6.45, 7) is 14.8. The van der Waals surface area contributed by atoms with Crippen LogP contribution >= 0.6 is 0 Å². The van der Waals surface area contributed by atoms with E-state index in [1.165, 1.54) is 0 Å². The van der Waals surface area contributed by atoms with E-state index in [0.717, 1.165) is 25.1 Å². The summed E-state index contributed by atoms with van der Waals surface area (Å²) >= 11 is 0. The Labute approximate surface area is 82.2 Å². The van der Waals surface area contributed by atoms with Crippen LogP contribution in [-0.2, 0) is 0 Å². The average Bonchev–Trinajstić information content (AvgIpc) is 2.02. The average molecular weight is 179 g/mol. The van der Waals surface area contributed by atoms with Crippen molar-refractivity contribution in [1.29, 1.82) is 0 Å². The fourth-order valence-electron chi connectivity index (χ4n) is 1.05. The van der Waals surface area contributed by atoms with E-state index in [0.29, 0.717) is 0 Å². The van der Waals surface area contributed by atoms with Crippen molar-refractivity contribution in [2.75, 3.05) is 6.54 Å². The summed E-state index contributed by atoms with van der Waals surface area (Å²) in [4.78, 5) is 0. The molecule has 0 saturated carbocycles. The molecule has 1 N–H and O–H groups in total. The molecular weight excluding hydrogens is 158 g/mol. The highest BCUT2D eigenvalue weighted by atomic mass is 14.9. The number of hydrogen-bond acceptors (Lipinski definition) is 1. The minimum atomic E-state index is 0.121. The van der Waals surface area contributed by atoms with Crippen molar-refractivity contribution in [2.24, 2.45) is 5.41 Å². The van der Waals surface area contributed by atoms with E-state index < -0.39 is 0 Å². The molecule has 0 aromatic carbocycles. The molecule has 0 fully saturated rings. The standard InChI is InChI=1S/C12H21N/c1-6-8-9-10-13-11(7-2)12(3,4)5/h6,13H,1-2,8-10H2,3-5H3. The maximum Gasteiger partial charge on any atom is 0.0586 e. The molecule has 0 aliphatic carbocycles. The van der Waals surface area contributed by atoms with Crippen LogP contribution in [-0.4, -0.2) is 6.54 Å². The van der Waals surface area contributed by atoms with Gasteiger partial charge in [-0.05, 0) is 12.8 Å². The molecule has 13 heavy (non-hydrogen) atoms. The van der Waals surface area contributed by atoms with E-state index >= 15 is 0 Å². The maximum atomic E-state index is 3.68. The van der Waals surface area contributed by atoms with Crippen LogP contribution < -0.4 is 5.32 Å². The molecule has 0 unspecified atom stereocenters. The lowest BCUT2D eigenvalue weighted by Crippen LogP contribution is -2.24. The van der Waals surface area contributed by atoms with Crippen LogP contribution in [0.25, 0.3) is 0 Å². The number of allylic oxidation sites excluding steroid dienone is 2. The summed E-state index contributed by atoms with van der Waals surface area (Å²) in [5, 5.41) is 3.34. The van der Waals surface area contributed by atoms with E-state index in [9.17, 15) is 0 Å². The largest absolute Gasteiger partial charge is 0.382 e. The second-order valence-electron chi connectivity index (χ2n) is 4.16. The summed E-state index contributed by atoms with van der Waals surface area (Å²) in [6.07, 6.45) is 4.11. The Bertz CT molecular complexity index is 202. The minimum absolute atomic E-state index is 0.121. The van der Waals surface area contributed by atoms with Crippen molar-refractivity contribution >= 4 is 0 Å². The van der Waals surface area contributed by atoms with Gasteiger partial charge in [-0.1, -0.05) is 33.4 Å². The van der Waals surface area contributed by atoms with Gasteiger partial charge in [0.15, 0.2) is 0 Å². The van der Waals surface area contributed by atoms with Gasteiger partial charge in [-0.15, -0.1) is 12.3 Å². The van der Waals surface area contributed by atoms with Crippen LogP contribution in [0.1, 0.15) is 33.6 Å². The van der Waals surface area contributed by atoms with Crippen molar-refractivity contribution < 1.29 is 0 Å². The second-order valence-corrected chi connectivity index (χ2v) is 4.16. The van der Waals surface area contributed by atoms with Crippen molar-refractivity contribution in [3.05, 3.63) is 30.7 Å². The first-order valence-corrected chi connectivity index (χ1v) is 4.77. The first kappa shape index (κ1) is 12.1. The summed E-state index contributed by atoms with van der Waals surface area (Å²) in [6, 6.07) is 0. The first-order valence-electron chi connectivity index (χ1n) is 4.77. The van der Waals surface area contributed by atoms with Gasteiger partial charge in [0, 0.05) is 12.0 Å². The van der Waals surface area contributed by atoms with Gasteiger partial charge in [-0.25, -0.2) is 0 Å². The van der Waals surface area contributed by atoms with E-state index in [1.54, 1.807) is 0 Å². The van der Waals surface area contributed by atoms with E-state index in [1.807, 2.05) is 6.08 Å². The smallest absolute Gasteiger partial charge is 0.0586 e. The van der Waals surface area contributed by atoms with E-state index in [4.69, 9.17) is 0 Å². The van der Waals surface area contributed by atoms with E-state index in [2.05, 4.69) is 45.0 Å². The van der Waals surface area contributed by atoms with Gasteiger partial charge in [0.1, 0.15) is 0 Å². The van der Waals surface area contributed by atoms with E-state index in [-0.39, 0.29) is 5.41 Å². The van der Waals surface area contributed by atoms with Crippen LogP contribution in [0.5, 0.6) is 0 Å². The number of unbranched alkanes of at least 4 members (excludes halogenated alkanes) is 1. The third-order valence-electron chi connectivity index (χ3n) is 1.81. The third kappa shape index (κ3) is 5.32. The van der Waals surface area contributed by atoms with Crippen molar-refractivity contribution in [2.45, 2.75) is 33.6 Å². The van der Waals surface area contributed by atoms with Gasteiger partial charge in [0.05, 0.1) is 5.70 Å². The second kappa shape index (κ2) is 5.66. The van der Waals surface area contributed by atoms with Crippen LogP contribution in [0.15, 0.2) is 30.7 Å². The van der Waals surface area contributed by atoms with Crippen LogP contribution in [0.4, 0.5) is 0 Å². The predicted molar refractivity (Wildman–Crippen MR) is 59.5 cm³/mol. The van der Waals surface area contributed by atoms with Crippen LogP contribution in [0.3, 0.4) is 0 Å². The molecule has 0 bridgehead atoms. The Morgan fingerprint density at radius 1 is 1.46 bits per heavy atom. The monoisotopic (exact) mass is 179 g/mol. The minimum Gasteiger partial charge on any atom is -0.382 e.